The van der Waals surface area contributed by atoms with Gasteiger partial charge in [0, 0.05) is 158 Å². The van der Waals surface area contributed by atoms with Crippen LogP contribution in [0.25, 0.3) is 90.9 Å². The van der Waals surface area contributed by atoms with E-state index in [0.717, 1.165) is 112 Å². The zero-order valence-corrected chi connectivity index (χ0v) is 84.8. The van der Waals surface area contributed by atoms with E-state index in [1.54, 1.807) is 0 Å². The quantitative estimate of drug-likeness (QED) is 0.0407. The Hall–Kier alpha value is -15.8. The normalized spacial score (nSPS) is 11.9. The number of nitrogens with zero attached hydrogens (tertiary/aromatic N) is 6. The number of hydrogen-bond acceptors (Lipinski definition) is 6. The molecule has 0 saturated carbocycles. The first-order valence-corrected chi connectivity index (χ1v) is 57.0. The van der Waals surface area contributed by atoms with Gasteiger partial charge in [0.15, 0.2) is 28.2 Å². The maximum atomic E-state index is 7.60. The summed E-state index contributed by atoms with van der Waals surface area (Å²) in [6.07, 6.45) is 11.4. The molecule has 12 nitrogen and oxygen atoms in total. The average molecular weight is 1950 g/mol. The average Bonchev–Trinajstić information content (AvgIpc) is 1.46. The fourth-order valence-corrected chi connectivity index (χ4v) is 37.1. The summed E-state index contributed by atoms with van der Waals surface area (Å²) in [5.41, 5.74) is 17.3. The third-order valence-electron chi connectivity index (χ3n) is 28.1. The van der Waals surface area contributed by atoms with E-state index in [1.165, 1.54) is 42.4 Å². The third kappa shape index (κ3) is 18.8. The lowest BCUT2D eigenvalue weighted by molar-refractivity contribution is -0.382. The molecule has 0 spiro atoms. The van der Waals surface area contributed by atoms with E-state index in [9.17, 15) is 0 Å². The molecule has 0 saturated heterocycles. The number of H-pyrrole nitrogens is 2. The third-order valence-corrected chi connectivity index (χ3v) is 45.7. The predicted octanol–water partition coefficient (Wildman–Crippen LogP) is 28.1. The molecule has 0 atom stereocenters. The molecular formula is C128H114N8O4P4+4. The highest BCUT2D eigenvalue weighted by Gasteiger charge is 2.41. The zero-order valence-electron chi connectivity index (χ0n) is 81.3. The monoisotopic (exact) mass is 1950 g/mol. The van der Waals surface area contributed by atoms with Crippen molar-refractivity contribution in [3.05, 3.63) is 508 Å². The summed E-state index contributed by atoms with van der Waals surface area (Å²) in [6.45, 7) is 1.48. The predicted molar refractivity (Wildman–Crippen MR) is 607 cm³/mol. The Balaban J connectivity index is 0.788. The Labute approximate surface area is 844 Å². The first-order valence-electron chi connectivity index (χ1n) is 49.3. The SMILES string of the molecule is C[N+](c1ccccc1)=P(CCOc1ccccc1-c1c2nc(c(-c3ccccc3OCCP(c3ccccc3)(c3ccccc3)=[N+](C)c3ccccc3)c3ccc([nH]3)c(-c3ccccc3OCCP(c3ccccc3)(c3ccccc3)=[N+](C)c3ccccc3)c3nc(c(-c4ccccc4OCCP(c4ccccc4)(c4ccccc4)=[N+](C)c4ccccc4)c4ccc1[nH]4)C=C3)C=C2)(c1ccccc1)c1ccccc1. The first kappa shape index (κ1) is 94.5. The van der Waals surface area contributed by atoms with Gasteiger partial charge in [0.2, 0.25) is 22.7 Å². The second-order valence-corrected chi connectivity index (χ2v) is 50.4. The van der Waals surface area contributed by atoms with E-state index in [-0.39, 0.29) is 0 Å². The van der Waals surface area contributed by atoms with Gasteiger partial charge in [-0.05, 0) is 170 Å². The highest BCUT2D eigenvalue weighted by atomic mass is 31.2. The molecule has 0 radical (unpaired) electrons. The van der Waals surface area contributed by atoms with Gasteiger partial charge in [-0.2, -0.15) is 0 Å². The van der Waals surface area contributed by atoms with Gasteiger partial charge in [0.1, 0.15) is 51.2 Å². The maximum absolute atomic E-state index is 7.60. The number of aromatic amines is 2. The molecule has 0 fully saturated rings. The van der Waals surface area contributed by atoms with Crippen LogP contribution in [0.5, 0.6) is 23.0 Å². The van der Waals surface area contributed by atoms with E-state index in [0.29, 0.717) is 74.1 Å². The smallest absolute Gasteiger partial charge is 0.200 e. The van der Waals surface area contributed by atoms with Crippen LogP contribution in [0.4, 0.5) is 22.7 Å². The first-order chi connectivity index (χ1) is 71.1. The zero-order chi connectivity index (χ0) is 97.5. The number of aromatic nitrogens is 4. The maximum Gasteiger partial charge on any atom is 0.200 e. The molecule has 0 amide bonds. The highest BCUT2D eigenvalue weighted by molar-refractivity contribution is 7.80. The largest absolute Gasteiger partial charge is 0.492 e. The summed E-state index contributed by atoms with van der Waals surface area (Å²) in [7, 11) is -0.918. The van der Waals surface area contributed by atoms with Crippen molar-refractivity contribution in [3.63, 3.8) is 0 Å². The van der Waals surface area contributed by atoms with Crippen molar-refractivity contribution in [2.24, 2.45) is 0 Å². The van der Waals surface area contributed by atoms with Gasteiger partial charge in [-0.1, -0.05) is 291 Å². The Morgan fingerprint density at radius 1 is 0.188 bits per heavy atom. The van der Waals surface area contributed by atoms with Crippen LogP contribution in [0, 0.1) is 0 Å². The topological polar surface area (TPSA) is 106 Å². The van der Waals surface area contributed by atoms with Crippen LogP contribution in [0.1, 0.15) is 22.8 Å². The number of rotatable bonds is 32. The number of benzene rings is 16. The van der Waals surface area contributed by atoms with E-state index >= 15 is 0 Å². The van der Waals surface area contributed by atoms with E-state index in [1.807, 2.05) is 0 Å². The molecule has 2 aliphatic heterocycles. The summed E-state index contributed by atoms with van der Waals surface area (Å²) < 4.78 is 40.5. The molecule has 8 bridgehead atoms. The molecule has 5 heterocycles. The van der Waals surface area contributed by atoms with Crippen molar-refractivity contribution in [1.82, 2.24) is 19.9 Å². The molecule has 0 aliphatic carbocycles. The van der Waals surface area contributed by atoms with Crippen molar-refractivity contribution in [1.29, 1.82) is 0 Å². The number of hydrogen-bond donors (Lipinski definition) is 2. The highest BCUT2D eigenvalue weighted by Crippen LogP contribution is 2.55. The van der Waals surface area contributed by atoms with Gasteiger partial charge in [0.25, 0.3) is 0 Å². The second kappa shape index (κ2) is 43.4. The van der Waals surface area contributed by atoms with Gasteiger partial charge >= 0.3 is 0 Å². The van der Waals surface area contributed by atoms with E-state index < -0.39 is 28.2 Å². The number of nitrogens with one attached hydrogen (secondary N) is 2. The molecule has 16 heteroatoms. The molecule has 16 aromatic carbocycles. The van der Waals surface area contributed by atoms with Gasteiger partial charge in [-0.15, -0.1) is 0 Å². The minimum atomic E-state index is -2.49. The molecule has 19 aromatic rings. The molecule has 706 valence electrons. The van der Waals surface area contributed by atoms with Crippen LogP contribution in [0.3, 0.4) is 0 Å². The van der Waals surface area contributed by atoms with Crippen LogP contribution in [0.2, 0.25) is 0 Å². The number of ether oxygens (including phenoxy) is 4. The molecule has 0 unspecified atom stereocenters. The fraction of sp³-hybridized carbons (Fsp3) is 0.0938. The molecule has 21 rings (SSSR count). The van der Waals surface area contributed by atoms with Crippen LogP contribution < -0.4 is 61.4 Å². The molecule has 2 aliphatic rings. The second-order valence-electron chi connectivity index (χ2n) is 36.0. The van der Waals surface area contributed by atoms with Crippen molar-refractivity contribution in [2.75, 3.05) is 79.3 Å². The van der Waals surface area contributed by atoms with Crippen LogP contribution >= 0.6 is 28.2 Å². The number of para-hydroxylation sites is 8. The van der Waals surface area contributed by atoms with Gasteiger partial charge in [0.05, 0.1) is 73.9 Å². The molecule has 3 aromatic heterocycles. The summed E-state index contributed by atoms with van der Waals surface area (Å²) in [4.78, 5) is 20.5. The Bertz CT molecular complexity index is 7170. The summed E-state index contributed by atoms with van der Waals surface area (Å²) in [5, 5.41) is 10.0. The minimum absolute atomic E-state index is 0.370. The van der Waals surface area contributed by atoms with Crippen molar-refractivity contribution < 1.29 is 36.3 Å². The summed E-state index contributed by atoms with van der Waals surface area (Å²) in [6, 6.07) is 174. The molecule has 144 heavy (non-hydrogen) atoms. The lowest BCUT2D eigenvalue weighted by atomic mass is 10.0. The number of fused-ring (bicyclic) bond motifs is 8. The standard InChI is InChI=1S/C128H114N8O4P4/c1-133(97-49-17-5-18-50-97)141(101-57-25-9-26-58-101,102-59-27-10-28-60-102)93-89-137-121-77-45-41-73-109(121)125-113-81-83-115(129-113)126(110-74-42-46-78-122(110)138-90-94-142(103-61-29-11-30-62-103,104-63-31-12-32-64-104)134(2)98-51-19-6-20-52-98)117-85-87-119(131-117)128(112-76-44-48-80-124(112)140-92-96-144(107-69-37-15-38-70-107,108-71-39-16-40-72-108)136(4)100-55-23-8-24-56-100)120-88-86-118(132-120)127(116-84-82-114(125)130-116)111-75-43-47-79-123(111)139-91-95-143(105-65-33-13-34-66-105,106-67-35-14-36-68-106)135(3)99-53-21-7-22-54-99/h5-88,129,132H,89-96H2,1-4H3/q+4. The van der Waals surface area contributed by atoms with E-state index in [2.05, 4.69) is 565 Å². The van der Waals surface area contributed by atoms with Crippen molar-refractivity contribution >= 4 is 140 Å². The van der Waals surface area contributed by atoms with Gasteiger partial charge < -0.3 is 28.9 Å². The van der Waals surface area contributed by atoms with Crippen molar-refractivity contribution in [3.8, 4) is 67.5 Å². The lowest BCUT2D eigenvalue weighted by Gasteiger charge is -2.25. The van der Waals surface area contributed by atoms with Crippen molar-refractivity contribution in [2.45, 2.75) is 0 Å². The molecular weight excluding hydrogens is 1840 g/mol. The van der Waals surface area contributed by atoms with Crippen LogP contribution in [-0.4, -0.2) is 117 Å². The Morgan fingerprint density at radius 3 is 0.514 bits per heavy atom. The van der Waals surface area contributed by atoms with Crippen LogP contribution in [0.15, 0.2) is 485 Å². The fourth-order valence-electron chi connectivity index (χ4n) is 21.1. The summed E-state index contributed by atoms with van der Waals surface area (Å²) in [5.74, 6) is 2.82. The summed E-state index contributed by atoms with van der Waals surface area (Å²) >= 11 is 0. The van der Waals surface area contributed by atoms with Gasteiger partial charge in [-0.25, -0.2) is 27.3 Å². The van der Waals surface area contributed by atoms with Gasteiger partial charge in [-0.3, -0.25) is 0 Å². The minimum Gasteiger partial charge on any atom is -0.492 e. The Morgan fingerprint density at radius 2 is 0.340 bits per heavy atom. The Kier molecular flexibility index (Phi) is 28.5. The van der Waals surface area contributed by atoms with E-state index in [4.69, 9.17) is 28.9 Å². The molecule has 2 N–H and O–H groups in total. The van der Waals surface area contributed by atoms with Crippen LogP contribution in [-0.2, 0) is 0 Å². The lowest BCUT2D eigenvalue weighted by Crippen LogP contribution is -2.27.